The van der Waals surface area contributed by atoms with Gasteiger partial charge >= 0.3 is 12.1 Å². The lowest BCUT2D eigenvalue weighted by molar-refractivity contribution is -0.136. The van der Waals surface area contributed by atoms with Gasteiger partial charge in [-0.25, -0.2) is 13.6 Å². The number of phenols is 1. The number of rotatable bonds is 17. The van der Waals surface area contributed by atoms with E-state index in [2.05, 4.69) is 53.5 Å². The lowest BCUT2D eigenvalue weighted by Gasteiger charge is -2.35. The van der Waals surface area contributed by atoms with Gasteiger partial charge in [0.05, 0.1) is 33.3 Å². The molecule has 11 rings (SSSR count). The minimum absolute atomic E-state index is 0.00134. The molecule has 5 fully saturated rings. The summed E-state index contributed by atoms with van der Waals surface area (Å²) in [7, 11) is 0. The van der Waals surface area contributed by atoms with Crippen molar-refractivity contribution in [3.63, 3.8) is 0 Å². The number of aromatic nitrogens is 3. The SMILES string of the molecule is C#Cc1c(F)ccc2cc(O)cc(-c3ncc4c(N5CC6CCC(C5)N6)nc(OCC56CCC(COC(=O)NCCCCCCCC(=O)Nc7cccc8c7C(=O)N(C7CCC(=O)NC7=O)C8=O)N5CC(=C)C6)nc4c3F)c12. The number of anilines is 2. The molecule has 6 aliphatic rings. The Kier molecular flexibility index (Phi) is 14.3. The first-order valence-electron chi connectivity index (χ1n) is 26.6. The Morgan fingerprint density at radius 2 is 1.76 bits per heavy atom. The highest BCUT2D eigenvalue weighted by Crippen LogP contribution is 2.45. The van der Waals surface area contributed by atoms with Crippen molar-refractivity contribution in [1.29, 1.82) is 0 Å². The van der Waals surface area contributed by atoms with Gasteiger partial charge in [0.15, 0.2) is 5.82 Å². The third-order valence-corrected chi connectivity index (χ3v) is 16.0. The number of benzene rings is 3. The Morgan fingerprint density at radius 3 is 2.55 bits per heavy atom. The van der Waals surface area contributed by atoms with Crippen molar-refractivity contribution in [1.82, 2.24) is 40.7 Å². The Bertz CT molecular complexity index is 3370. The zero-order chi connectivity index (χ0) is 54.4. The second kappa shape index (κ2) is 21.4. The number of carbonyl (C=O) groups excluding carboxylic acids is 6. The molecule has 5 saturated heterocycles. The summed E-state index contributed by atoms with van der Waals surface area (Å²) in [4.78, 5) is 95.9. The van der Waals surface area contributed by atoms with Crippen LogP contribution in [0.4, 0.5) is 25.1 Å². The summed E-state index contributed by atoms with van der Waals surface area (Å²) in [5.74, 6) is -1.63. The number of piperidine rings is 1. The Balaban J connectivity index is 0.671. The van der Waals surface area contributed by atoms with Crippen LogP contribution >= 0.6 is 0 Å². The molecule has 5 atom stereocenters. The van der Waals surface area contributed by atoms with Gasteiger partial charge in [0.2, 0.25) is 17.7 Å². The first kappa shape index (κ1) is 52.0. The van der Waals surface area contributed by atoms with Crippen molar-refractivity contribution in [2.24, 2.45) is 0 Å². The van der Waals surface area contributed by atoms with E-state index >= 15 is 8.78 Å². The maximum absolute atomic E-state index is 17.2. The van der Waals surface area contributed by atoms with E-state index in [4.69, 9.17) is 20.9 Å². The van der Waals surface area contributed by atoms with E-state index in [0.29, 0.717) is 68.5 Å². The highest BCUT2D eigenvalue weighted by molar-refractivity contribution is 6.26. The standard InChI is InChI=1S/C57H58F2N10O9/c1-3-37-41(58)16-13-32-22-36(70)23-39(46(32)37)49-48(59)50-40(25-61-49)51(67-27-33-14-15-34(28-67)62-33)66-55(65-50)78-30-57-20-19-35(68(57)26-31(2)24-57)29-77-56(76)60-21-8-6-4-5-7-12-44(71)63-42-11-9-10-38-47(42)54(75)69(53(38)74)43-17-18-45(72)64-52(43)73/h1,9-11,13,16,22-23,25,33-35,43,62,70H,2,4-8,12,14-15,17-21,24,26-30H2,(H,60,76)(H,63,71)(H,64,72,73). The molecule has 404 valence electrons. The molecule has 5 aromatic rings. The fourth-order valence-electron chi connectivity index (χ4n) is 12.4. The average molecular weight is 1070 g/mol. The second-order valence-corrected chi connectivity index (χ2v) is 21.2. The van der Waals surface area contributed by atoms with Gasteiger partial charge in [-0.15, -0.1) is 6.42 Å². The molecule has 78 heavy (non-hydrogen) atoms. The topological polar surface area (TPSA) is 238 Å². The number of aromatic hydroxyl groups is 1. The number of amides is 6. The first-order valence-corrected chi connectivity index (χ1v) is 26.6. The first-order chi connectivity index (χ1) is 37.7. The molecule has 2 bridgehead atoms. The number of terminal acetylenes is 1. The highest BCUT2D eigenvalue weighted by Gasteiger charge is 2.52. The number of alkyl carbamates (subject to hydrolysis) is 1. The zero-order valence-electron chi connectivity index (χ0n) is 42.8. The Labute approximate surface area is 447 Å². The van der Waals surface area contributed by atoms with Crippen LogP contribution in [0.25, 0.3) is 32.9 Å². The zero-order valence-corrected chi connectivity index (χ0v) is 42.8. The predicted octanol–water partition coefficient (Wildman–Crippen LogP) is 6.40. The molecule has 2 aromatic heterocycles. The van der Waals surface area contributed by atoms with E-state index in [0.717, 1.165) is 49.0 Å². The molecule has 21 heteroatoms. The van der Waals surface area contributed by atoms with Crippen LogP contribution in [0.1, 0.15) is 110 Å². The molecule has 19 nitrogen and oxygen atoms in total. The molecule has 0 spiro atoms. The highest BCUT2D eigenvalue weighted by atomic mass is 19.1. The summed E-state index contributed by atoms with van der Waals surface area (Å²) in [5.41, 5.74) is 0.599. The van der Waals surface area contributed by atoms with Gasteiger partial charge in [-0.3, -0.25) is 44.1 Å². The lowest BCUT2D eigenvalue weighted by atomic mass is 9.94. The van der Waals surface area contributed by atoms with Crippen molar-refractivity contribution in [3.05, 3.63) is 89.1 Å². The van der Waals surface area contributed by atoms with Crippen LogP contribution in [0.15, 0.2) is 60.8 Å². The van der Waals surface area contributed by atoms with Crippen LogP contribution in [0.3, 0.4) is 0 Å². The number of carbonyl (C=O) groups is 6. The van der Waals surface area contributed by atoms with Crippen molar-refractivity contribution >= 4 is 68.8 Å². The fourth-order valence-corrected chi connectivity index (χ4v) is 12.4. The van der Waals surface area contributed by atoms with Crippen molar-refractivity contribution in [3.8, 4) is 35.4 Å². The molecule has 6 amide bonds. The summed E-state index contributed by atoms with van der Waals surface area (Å²) in [6, 6.07) is 9.20. The van der Waals surface area contributed by atoms with Gasteiger partial charge in [-0.05, 0) is 87.1 Å². The Morgan fingerprint density at radius 1 is 0.962 bits per heavy atom. The summed E-state index contributed by atoms with van der Waals surface area (Å²) in [5, 5.41) is 23.1. The number of piperazine rings is 1. The molecule has 6 aliphatic heterocycles. The average Bonchev–Trinajstić information content (AvgIpc) is 4.30. The number of phenolic OH excluding ortho intramolecular Hbond substituents is 1. The molecule has 0 radical (unpaired) electrons. The monoisotopic (exact) mass is 1060 g/mol. The maximum Gasteiger partial charge on any atom is 0.407 e. The van der Waals surface area contributed by atoms with E-state index in [1.165, 1.54) is 42.6 Å². The molecular formula is C57H58F2N10O9. The van der Waals surface area contributed by atoms with Gasteiger partial charge in [0.1, 0.15) is 47.9 Å². The van der Waals surface area contributed by atoms with Crippen LogP contribution in [0.5, 0.6) is 11.8 Å². The number of ether oxygens (including phenoxy) is 2. The number of hydrogen-bond donors (Lipinski definition) is 5. The van der Waals surface area contributed by atoms with E-state index < -0.39 is 52.9 Å². The number of nitrogens with one attached hydrogen (secondary N) is 4. The van der Waals surface area contributed by atoms with Crippen LogP contribution in [-0.4, -0.2) is 135 Å². The Hall–Kier alpha value is -8.09. The van der Waals surface area contributed by atoms with Gasteiger partial charge in [0, 0.05) is 74.3 Å². The largest absolute Gasteiger partial charge is 0.508 e. The van der Waals surface area contributed by atoms with Gasteiger partial charge in [-0.1, -0.05) is 49.5 Å². The number of pyridine rings is 1. The van der Waals surface area contributed by atoms with E-state index in [1.807, 2.05) is 0 Å². The van der Waals surface area contributed by atoms with Gasteiger partial charge < -0.3 is 35.4 Å². The number of nitrogens with zero attached hydrogens (tertiary/aromatic N) is 6. The molecule has 0 saturated carbocycles. The normalized spacial score (nSPS) is 22.7. The molecular weight excluding hydrogens is 1010 g/mol. The maximum atomic E-state index is 17.2. The van der Waals surface area contributed by atoms with Crippen molar-refractivity contribution < 1.29 is 52.1 Å². The van der Waals surface area contributed by atoms with Crippen LogP contribution in [0, 0.1) is 24.0 Å². The third-order valence-electron chi connectivity index (χ3n) is 16.0. The number of fused-ring (bicyclic) bond motifs is 6. The van der Waals surface area contributed by atoms with Crippen molar-refractivity contribution in [2.75, 3.05) is 49.6 Å². The summed E-state index contributed by atoms with van der Waals surface area (Å²) >= 11 is 0. The molecule has 3 aromatic carbocycles. The van der Waals surface area contributed by atoms with E-state index in [1.54, 1.807) is 6.07 Å². The van der Waals surface area contributed by atoms with Gasteiger partial charge in [-0.2, -0.15) is 9.97 Å². The lowest BCUT2D eigenvalue weighted by Crippen LogP contribution is -2.54. The minimum atomic E-state index is -1.11. The van der Waals surface area contributed by atoms with Gasteiger partial charge in [0.25, 0.3) is 11.8 Å². The van der Waals surface area contributed by atoms with Crippen LogP contribution < -0.4 is 30.9 Å². The summed E-state index contributed by atoms with van der Waals surface area (Å²) in [6.45, 7) is 6.86. The van der Waals surface area contributed by atoms with Crippen LogP contribution in [0.2, 0.25) is 0 Å². The molecule has 5 N–H and O–H groups in total. The number of imide groups is 2. The third kappa shape index (κ3) is 9.94. The molecule has 0 aliphatic carbocycles. The number of hydrogen-bond acceptors (Lipinski definition) is 15. The van der Waals surface area contributed by atoms with E-state index in [-0.39, 0.29) is 113 Å². The smallest absolute Gasteiger partial charge is 0.407 e. The number of unbranched alkanes of at least 4 members (excludes halogenated alkanes) is 4. The summed E-state index contributed by atoms with van der Waals surface area (Å²) < 4.78 is 44.6. The number of halogens is 2. The molecule has 8 heterocycles. The summed E-state index contributed by atoms with van der Waals surface area (Å²) in [6.07, 6.45) is 14.7. The minimum Gasteiger partial charge on any atom is -0.508 e. The quantitative estimate of drug-likeness (QED) is 0.0293. The second-order valence-electron chi connectivity index (χ2n) is 21.2. The molecule has 5 unspecified atom stereocenters. The van der Waals surface area contributed by atoms with Crippen molar-refractivity contribution in [2.45, 2.75) is 113 Å². The van der Waals surface area contributed by atoms with Crippen LogP contribution in [-0.2, 0) is 19.1 Å². The van der Waals surface area contributed by atoms with E-state index in [9.17, 15) is 33.9 Å². The fraction of sp³-hybridized carbons (Fsp3) is 0.421. The predicted molar refractivity (Wildman–Crippen MR) is 282 cm³/mol.